The van der Waals surface area contributed by atoms with Crippen LogP contribution in [0.15, 0.2) is 47.8 Å². The summed E-state index contributed by atoms with van der Waals surface area (Å²) in [6.45, 7) is 3.94. The lowest BCUT2D eigenvalue weighted by atomic mass is 10.1. The third-order valence-electron chi connectivity index (χ3n) is 4.56. The fraction of sp³-hybridized carbons (Fsp3) is 0.273. The molecule has 1 aromatic heterocycles. The van der Waals surface area contributed by atoms with Gasteiger partial charge in [0.05, 0.1) is 25.3 Å². The van der Waals surface area contributed by atoms with Crippen LogP contribution < -0.4 is 10.1 Å². The Morgan fingerprint density at radius 3 is 2.64 bits per heavy atom. The van der Waals surface area contributed by atoms with Gasteiger partial charge in [-0.15, -0.1) is 11.3 Å². The predicted molar refractivity (Wildman–Crippen MR) is 110 cm³/mol. The quantitative estimate of drug-likeness (QED) is 0.613. The van der Waals surface area contributed by atoms with E-state index in [0.29, 0.717) is 5.56 Å². The topological polar surface area (TPSA) is 51.2 Å². The summed E-state index contributed by atoms with van der Waals surface area (Å²) in [6, 6.07) is 12.7. The van der Waals surface area contributed by atoms with E-state index in [9.17, 15) is 9.18 Å². The van der Waals surface area contributed by atoms with Gasteiger partial charge in [-0.3, -0.25) is 4.79 Å². The van der Waals surface area contributed by atoms with Crippen LogP contribution in [0.5, 0.6) is 5.75 Å². The van der Waals surface area contributed by atoms with Crippen LogP contribution >= 0.6 is 11.3 Å². The number of aromatic nitrogens is 1. The number of carbonyl (C=O) groups is 1. The molecule has 0 radical (unpaired) electrons. The molecule has 0 bridgehead atoms. The smallest absolute Gasteiger partial charge is 0.226 e. The molecular formula is C22H23FN2O2S. The van der Waals surface area contributed by atoms with Gasteiger partial charge >= 0.3 is 0 Å². The molecule has 3 rings (SSSR count). The molecular weight excluding hydrogens is 375 g/mol. The highest BCUT2D eigenvalue weighted by molar-refractivity contribution is 7.13. The Morgan fingerprint density at radius 2 is 2.00 bits per heavy atom. The van der Waals surface area contributed by atoms with Crippen LogP contribution in [0, 0.1) is 5.82 Å². The third kappa shape index (κ3) is 4.75. The van der Waals surface area contributed by atoms with Crippen LogP contribution in [-0.4, -0.2) is 18.0 Å². The standard InChI is InChI=1S/C22H23FN2O2S/c1-4-15-5-7-16(8-6-15)22-25-18(13-28-22)12-21(26)24-14(2)17-9-10-20(27-3)19(23)11-17/h5-11,13-14H,4,12H2,1-3H3,(H,24,26). The van der Waals surface area contributed by atoms with Crippen molar-refractivity contribution in [3.8, 4) is 16.3 Å². The van der Waals surface area contributed by atoms with Crippen molar-refractivity contribution in [1.29, 1.82) is 0 Å². The van der Waals surface area contributed by atoms with Gasteiger partial charge in [0, 0.05) is 10.9 Å². The number of aryl methyl sites for hydroxylation is 1. The van der Waals surface area contributed by atoms with E-state index in [1.54, 1.807) is 12.1 Å². The van der Waals surface area contributed by atoms with Gasteiger partial charge in [-0.05, 0) is 36.6 Å². The molecule has 1 N–H and O–H groups in total. The molecule has 2 aromatic carbocycles. The van der Waals surface area contributed by atoms with Gasteiger partial charge in [0.1, 0.15) is 5.01 Å². The molecule has 1 atom stereocenters. The minimum absolute atomic E-state index is 0.151. The normalized spacial score (nSPS) is 11.9. The summed E-state index contributed by atoms with van der Waals surface area (Å²) >= 11 is 1.52. The zero-order valence-corrected chi connectivity index (χ0v) is 17.0. The molecule has 28 heavy (non-hydrogen) atoms. The monoisotopic (exact) mass is 398 g/mol. The van der Waals surface area contributed by atoms with Crippen LogP contribution in [0.3, 0.4) is 0 Å². The van der Waals surface area contributed by atoms with Crippen LogP contribution in [0.25, 0.3) is 10.6 Å². The van der Waals surface area contributed by atoms with Crippen LogP contribution in [0.2, 0.25) is 0 Å². The number of methoxy groups -OCH3 is 1. The molecule has 0 saturated heterocycles. The lowest BCUT2D eigenvalue weighted by molar-refractivity contribution is -0.121. The molecule has 0 aliphatic heterocycles. The van der Waals surface area contributed by atoms with Gasteiger partial charge in [0.2, 0.25) is 5.91 Å². The summed E-state index contributed by atoms with van der Waals surface area (Å²) in [6.07, 6.45) is 1.19. The van der Waals surface area contributed by atoms with Gasteiger partial charge in [0.25, 0.3) is 0 Å². The number of hydrogen-bond donors (Lipinski definition) is 1. The van der Waals surface area contributed by atoms with Gasteiger partial charge < -0.3 is 10.1 Å². The molecule has 3 aromatic rings. The Balaban J connectivity index is 1.61. The SMILES string of the molecule is CCc1ccc(-c2nc(CC(=O)NC(C)c3ccc(OC)c(F)c3)cs2)cc1. The number of halogens is 1. The number of rotatable bonds is 7. The number of ether oxygens (including phenoxy) is 1. The number of hydrogen-bond acceptors (Lipinski definition) is 4. The van der Waals surface area contributed by atoms with E-state index in [0.717, 1.165) is 22.7 Å². The minimum atomic E-state index is -0.445. The summed E-state index contributed by atoms with van der Waals surface area (Å²) in [4.78, 5) is 16.9. The average Bonchev–Trinajstić information content (AvgIpc) is 3.16. The van der Waals surface area contributed by atoms with Crippen molar-refractivity contribution in [2.24, 2.45) is 0 Å². The third-order valence-corrected chi connectivity index (χ3v) is 5.50. The first-order chi connectivity index (χ1) is 13.5. The van der Waals surface area contributed by atoms with Gasteiger partial charge in [-0.2, -0.15) is 0 Å². The largest absolute Gasteiger partial charge is 0.494 e. The predicted octanol–water partition coefficient (Wildman–Crippen LogP) is 4.94. The maximum absolute atomic E-state index is 13.9. The van der Waals surface area contributed by atoms with E-state index in [1.165, 1.54) is 30.1 Å². The van der Waals surface area contributed by atoms with Crippen molar-refractivity contribution in [3.05, 3.63) is 70.5 Å². The number of carbonyl (C=O) groups excluding carboxylic acids is 1. The molecule has 1 unspecified atom stereocenters. The highest BCUT2D eigenvalue weighted by Crippen LogP contribution is 2.25. The maximum Gasteiger partial charge on any atom is 0.226 e. The maximum atomic E-state index is 13.9. The first-order valence-electron chi connectivity index (χ1n) is 9.16. The van der Waals surface area contributed by atoms with Crippen molar-refractivity contribution in [2.45, 2.75) is 32.7 Å². The second kappa shape index (κ2) is 8.97. The van der Waals surface area contributed by atoms with E-state index in [2.05, 4.69) is 41.5 Å². The Bertz CT molecular complexity index is 953. The number of thiazole rings is 1. The fourth-order valence-electron chi connectivity index (χ4n) is 2.90. The van der Waals surface area contributed by atoms with E-state index >= 15 is 0 Å². The van der Waals surface area contributed by atoms with Crippen LogP contribution in [0.4, 0.5) is 4.39 Å². The van der Waals surface area contributed by atoms with Crippen LogP contribution in [-0.2, 0) is 17.6 Å². The van der Waals surface area contributed by atoms with Crippen molar-refractivity contribution in [2.75, 3.05) is 7.11 Å². The molecule has 4 nitrogen and oxygen atoms in total. The van der Waals surface area contributed by atoms with E-state index in [4.69, 9.17) is 4.74 Å². The first-order valence-corrected chi connectivity index (χ1v) is 10.0. The average molecular weight is 399 g/mol. The molecule has 0 aliphatic rings. The fourth-order valence-corrected chi connectivity index (χ4v) is 3.72. The van der Waals surface area contributed by atoms with Gasteiger partial charge in [-0.25, -0.2) is 9.37 Å². The van der Waals surface area contributed by atoms with Gasteiger partial charge in [0.15, 0.2) is 11.6 Å². The molecule has 6 heteroatoms. The van der Waals surface area contributed by atoms with Crippen molar-refractivity contribution >= 4 is 17.2 Å². The first kappa shape index (κ1) is 20.0. The number of nitrogens with one attached hydrogen (secondary N) is 1. The molecule has 1 amide bonds. The summed E-state index contributed by atoms with van der Waals surface area (Å²) < 4.78 is 18.8. The summed E-state index contributed by atoms with van der Waals surface area (Å²) in [5.74, 6) is -0.412. The Kier molecular flexibility index (Phi) is 6.41. The molecule has 0 fully saturated rings. The second-order valence-corrected chi connectivity index (χ2v) is 7.41. The highest BCUT2D eigenvalue weighted by atomic mass is 32.1. The van der Waals surface area contributed by atoms with Crippen molar-refractivity contribution in [1.82, 2.24) is 10.3 Å². The Hall–Kier alpha value is -2.73. The van der Waals surface area contributed by atoms with E-state index in [1.807, 2.05) is 12.3 Å². The molecule has 146 valence electrons. The lowest BCUT2D eigenvalue weighted by Gasteiger charge is -2.15. The van der Waals surface area contributed by atoms with Crippen molar-refractivity contribution in [3.63, 3.8) is 0 Å². The zero-order chi connectivity index (χ0) is 20.1. The zero-order valence-electron chi connectivity index (χ0n) is 16.2. The molecule has 0 saturated carbocycles. The minimum Gasteiger partial charge on any atom is -0.494 e. The number of amides is 1. The molecule has 1 heterocycles. The summed E-state index contributed by atoms with van der Waals surface area (Å²) in [7, 11) is 1.42. The van der Waals surface area contributed by atoms with Gasteiger partial charge in [-0.1, -0.05) is 37.3 Å². The summed E-state index contributed by atoms with van der Waals surface area (Å²) in [5.41, 5.74) is 3.74. The Labute approximate surface area is 168 Å². The second-order valence-electron chi connectivity index (χ2n) is 6.55. The van der Waals surface area contributed by atoms with Crippen LogP contribution in [0.1, 0.15) is 36.7 Å². The van der Waals surface area contributed by atoms with E-state index < -0.39 is 5.82 Å². The number of benzene rings is 2. The summed E-state index contributed by atoms with van der Waals surface area (Å²) in [5, 5.41) is 5.69. The lowest BCUT2D eigenvalue weighted by Crippen LogP contribution is -2.28. The van der Waals surface area contributed by atoms with Crippen molar-refractivity contribution < 1.29 is 13.9 Å². The molecule has 0 spiro atoms. The highest BCUT2D eigenvalue weighted by Gasteiger charge is 2.14. The Morgan fingerprint density at radius 1 is 1.25 bits per heavy atom. The molecule has 0 aliphatic carbocycles. The van der Waals surface area contributed by atoms with E-state index in [-0.39, 0.29) is 24.1 Å². The number of nitrogens with zero attached hydrogens (tertiary/aromatic N) is 1.